The van der Waals surface area contributed by atoms with Gasteiger partial charge < -0.3 is 14.2 Å². The van der Waals surface area contributed by atoms with Crippen molar-refractivity contribution in [2.45, 2.75) is 24.7 Å². The third kappa shape index (κ3) is 0.779. The van der Waals surface area contributed by atoms with Crippen molar-refractivity contribution in [1.29, 1.82) is 0 Å². The van der Waals surface area contributed by atoms with E-state index in [0.29, 0.717) is 0 Å². The van der Waals surface area contributed by atoms with Gasteiger partial charge in [0.2, 0.25) is 0 Å². The quantitative estimate of drug-likeness (QED) is 0.551. The summed E-state index contributed by atoms with van der Waals surface area (Å²) in [5, 5.41) is 0. The molecular formula is C7H14O3. The van der Waals surface area contributed by atoms with Crippen molar-refractivity contribution in [3.8, 4) is 0 Å². The molecule has 0 aromatic rings. The minimum atomic E-state index is -0.484. The van der Waals surface area contributed by atoms with Gasteiger partial charge in [0.05, 0.1) is 0 Å². The molecule has 3 nitrogen and oxygen atoms in total. The van der Waals surface area contributed by atoms with Crippen LogP contribution < -0.4 is 0 Å². The number of ether oxygens (including phenoxy) is 3. The maximum atomic E-state index is 5.20. The third-order valence-electron chi connectivity index (χ3n) is 2.36. The lowest BCUT2D eigenvalue weighted by molar-refractivity contribution is -0.177. The number of rotatable bonds is 3. The molecule has 0 aromatic carbocycles. The van der Waals surface area contributed by atoms with E-state index < -0.39 is 5.79 Å². The highest BCUT2D eigenvalue weighted by atomic mass is 16.7. The molecule has 0 spiro atoms. The Morgan fingerprint density at radius 1 is 1.00 bits per heavy atom. The highest BCUT2D eigenvalue weighted by Crippen LogP contribution is 2.53. The van der Waals surface area contributed by atoms with Crippen LogP contribution in [0.5, 0.6) is 0 Å². The van der Waals surface area contributed by atoms with Gasteiger partial charge in [-0.25, -0.2) is 0 Å². The van der Waals surface area contributed by atoms with Gasteiger partial charge >= 0.3 is 0 Å². The third-order valence-corrected chi connectivity index (χ3v) is 2.36. The van der Waals surface area contributed by atoms with Crippen molar-refractivity contribution in [3.05, 3.63) is 0 Å². The fraction of sp³-hybridized carbons (Fsp3) is 1.00. The van der Waals surface area contributed by atoms with Crippen LogP contribution >= 0.6 is 0 Å². The molecule has 0 bridgehead atoms. The lowest BCUT2D eigenvalue weighted by Gasteiger charge is -2.17. The average Bonchev–Trinajstić information content (AvgIpc) is 2.59. The van der Waals surface area contributed by atoms with Crippen LogP contribution in [0.4, 0.5) is 0 Å². The number of hydrogen-bond donors (Lipinski definition) is 0. The molecule has 60 valence electrons. The molecule has 1 atom stereocenters. The summed E-state index contributed by atoms with van der Waals surface area (Å²) in [5.74, 6) is -0.484. The van der Waals surface area contributed by atoms with Crippen LogP contribution in [0.1, 0.15) is 13.3 Å². The van der Waals surface area contributed by atoms with Gasteiger partial charge in [-0.3, -0.25) is 0 Å². The van der Waals surface area contributed by atoms with Gasteiger partial charge in [0.1, 0.15) is 5.60 Å². The van der Waals surface area contributed by atoms with Crippen molar-refractivity contribution >= 4 is 0 Å². The highest BCUT2D eigenvalue weighted by Gasteiger charge is 2.68. The SMILES string of the molecule is COC1(C)CC1(OC)OC. The Morgan fingerprint density at radius 2 is 1.50 bits per heavy atom. The molecule has 0 aromatic heterocycles. The predicted octanol–water partition coefficient (Wildman–Crippen LogP) is 0.784. The summed E-state index contributed by atoms with van der Waals surface area (Å²) in [4.78, 5) is 0. The van der Waals surface area contributed by atoms with Crippen molar-refractivity contribution in [3.63, 3.8) is 0 Å². The van der Waals surface area contributed by atoms with E-state index in [1.165, 1.54) is 0 Å². The minimum Gasteiger partial charge on any atom is -0.373 e. The molecule has 0 saturated heterocycles. The Hall–Kier alpha value is -0.120. The largest absolute Gasteiger partial charge is 0.373 e. The first kappa shape index (κ1) is 7.98. The molecule has 3 heteroatoms. The Balaban J connectivity index is 2.59. The molecule has 0 heterocycles. The summed E-state index contributed by atoms with van der Waals surface area (Å²) >= 11 is 0. The molecule has 0 radical (unpaired) electrons. The van der Waals surface area contributed by atoms with E-state index in [2.05, 4.69) is 0 Å². The van der Waals surface area contributed by atoms with Crippen LogP contribution in [-0.4, -0.2) is 32.7 Å². The maximum Gasteiger partial charge on any atom is 0.199 e. The highest BCUT2D eigenvalue weighted by molar-refractivity contribution is 5.11. The van der Waals surface area contributed by atoms with Gasteiger partial charge in [-0.05, 0) is 6.92 Å². The molecule has 1 rings (SSSR count). The fourth-order valence-corrected chi connectivity index (χ4v) is 1.29. The molecule has 10 heavy (non-hydrogen) atoms. The van der Waals surface area contributed by atoms with E-state index in [0.717, 1.165) is 6.42 Å². The molecule has 1 aliphatic rings. The topological polar surface area (TPSA) is 27.7 Å². The molecule has 0 aliphatic heterocycles. The molecule has 1 saturated carbocycles. The summed E-state index contributed by atoms with van der Waals surface area (Å²) < 4.78 is 15.5. The summed E-state index contributed by atoms with van der Waals surface area (Å²) in [6.07, 6.45) is 0.809. The predicted molar refractivity (Wildman–Crippen MR) is 36.8 cm³/mol. The summed E-state index contributed by atoms with van der Waals surface area (Å²) in [5.41, 5.74) is -0.240. The van der Waals surface area contributed by atoms with Crippen LogP contribution in [0.15, 0.2) is 0 Å². The zero-order chi connectivity index (χ0) is 7.83. The fourth-order valence-electron chi connectivity index (χ4n) is 1.29. The standard InChI is InChI=1S/C7H14O3/c1-6(8-2)5-7(6,9-3)10-4/h5H2,1-4H3. The molecular weight excluding hydrogens is 132 g/mol. The van der Waals surface area contributed by atoms with Crippen LogP contribution in [0.2, 0.25) is 0 Å². The first-order chi connectivity index (χ1) is 4.64. The van der Waals surface area contributed by atoms with Crippen molar-refractivity contribution in [2.75, 3.05) is 21.3 Å². The zero-order valence-corrected chi connectivity index (χ0v) is 6.93. The molecule has 0 N–H and O–H groups in total. The maximum absolute atomic E-state index is 5.20. The smallest absolute Gasteiger partial charge is 0.199 e. The lowest BCUT2D eigenvalue weighted by Crippen LogP contribution is -2.28. The van der Waals surface area contributed by atoms with E-state index in [4.69, 9.17) is 14.2 Å². The normalized spacial score (nSPS) is 36.0. The van der Waals surface area contributed by atoms with Gasteiger partial charge in [-0.1, -0.05) is 0 Å². The number of methoxy groups -OCH3 is 3. The first-order valence-corrected chi connectivity index (χ1v) is 3.29. The first-order valence-electron chi connectivity index (χ1n) is 3.29. The van der Waals surface area contributed by atoms with Crippen LogP contribution in [-0.2, 0) is 14.2 Å². The Bertz CT molecular complexity index is 131. The average molecular weight is 146 g/mol. The van der Waals surface area contributed by atoms with Gasteiger partial charge in [-0.2, -0.15) is 0 Å². The molecule has 0 amide bonds. The van der Waals surface area contributed by atoms with Crippen molar-refractivity contribution in [1.82, 2.24) is 0 Å². The Kier molecular flexibility index (Phi) is 1.75. The van der Waals surface area contributed by atoms with Gasteiger partial charge in [0.25, 0.3) is 0 Å². The summed E-state index contributed by atoms with van der Waals surface area (Å²) in [6.45, 7) is 1.97. The van der Waals surface area contributed by atoms with E-state index >= 15 is 0 Å². The molecule has 1 fully saturated rings. The van der Waals surface area contributed by atoms with E-state index in [1.54, 1.807) is 21.3 Å². The van der Waals surface area contributed by atoms with Crippen molar-refractivity contribution < 1.29 is 14.2 Å². The van der Waals surface area contributed by atoms with E-state index in [1.807, 2.05) is 6.92 Å². The lowest BCUT2D eigenvalue weighted by atomic mass is 10.4. The van der Waals surface area contributed by atoms with Crippen molar-refractivity contribution in [2.24, 2.45) is 0 Å². The Labute approximate surface area is 61.3 Å². The molecule has 1 aliphatic carbocycles. The second kappa shape index (κ2) is 2.19. The Morgan fingerprint density at radius 3 is 1.60 bits per heavy atom. The zero-order valence-electron chi connectivity index (χ0n) is 6.93. The van der Waals surface area contributed by atoms with E-state index in [-0.39, 0.29) is 5.60 Å². The minimum absolute atomic E-state index is 0.240. The summed E-state index contributed by atoms with van der Waals surface area (Å²) in [6, 6.07) is 0. The van der Waals surface area contributed by atoms with Crippen LogP contribution in [0, 0.1) is 0 Å². The van der Waals surface area contributed by atoms with Crippen LogP contribution in [0.3, 0.4) is 0 Å². The molecule has 1 unspecified atom stereocenters. The number of hydrogen-bond acceptors (Lipinski definition) is 3. The second-order valence-corrected chi connectivity index (χ2v) is 2.77. The van der Waals surface area contributed by atoms with Gasteiger partial charge in [0, 0.05) is 27.8 Å². The summed E-state index contributed by atoms with van der Waals surface area (Å²) in [7, 11) is 4.93. The van der Waals surface area contributed by atoms with Crippen LogP contribution in [0.25, 0.3) is 0 Å². The van der Waals surface area contributed by atoms with Gasteiger partial charge in [0.15, 0.2) is 5.79 Å². The van der Waals surface area contributed by atoms with Gasteiger partial charge in [-0.15, -0.1) is 0 Å². The monoisotopic (exact) mass is 146 g/mol. The van der Waals surface area contributed by atoms with E-state index in [9.17, 15) is 0 Å². The second-order valence-electron chi connectivity index (χ2n) is 2.77.